The fraction of sp³-hybridized carbons (Fsp3) is 0.176. The third-order valence-electron chi connectivity index (χ3n) is 6.74. The van der Waals surface area contributed by atoms with Gasteiger partial charge in [-0.05, 0) is 48.5 Å². The highest BCUT2D eigenvalue weighted by atomic mass is 16.7. The second-order valence-corrected chi connectivity index (χ2v) is 9.74. The lowest BCUT2D eigenvalue weighted by molar-refractivity contribution is -0.283. The molecule has 1 aliphatic rings. The maximum absolute atomic E-state index is 13.2. The van der Waals surface area contributed by atoms with Gasteiger partial charge >= 0.3 is 23.9 Å². The molecule has 10 heteroatoms. The topological polar surface area (TPSA) is 135 Å². The van der Waals surface area contributed by atoms with Gasteiger partial charge in [0, 0.05) is 0 Å². The van der Waals surface area contributed by atoms with Crippen LogP contribution in [0.3, 0.4) is 0 Å². The van der Waals surface area contributed by atoms with Crippen molar-refractivity contribution in [2.45, 2.75) is 30.7 Å². The van der Waals surface area contributed by atoms with E-state index in [2.05, 4.69) is 0 Å². The first kappa shape index (κ1) is 30.1. The number of carbonyl (C=O) groups is 4. The van der Waals surface area contributed by atoms with Gasteiger partial charge in [-0.2, -0.15) is 0 Å². The first-order valence-electron chi connectivity index (χ1n) is 13.7. The summed E-state index contributed by atoms with van der Waals surface area (Å²) >= 11 is 0. The smallest absolute Gasteiger partial charge is 0.340 e. The van der Waals surface area contributed by atoms with Crippen molar-refractivity contribution in [3.63, 3.8) is 0 Å². The molecule has 4 aromatic rings. The Morgan fingerprint density at radius 2 is 0.886 bits per heavy atom. The molecule has 0 bridgehead atoms. The number of esters is 4. The second kappa shape index (κ2) is 14.2. The van der Waals surface area contributed by atoms with Gasteiger partial charge in [0.05, 0.1) is 22.3 Å². The van der Waals surface area contributed by atoms with Crippen molar-refractivity contribution in [2.75, 3.05) is 6.61 Å². The number of hydrogen-bond donors (Lipinski definition) is 1. The minimum atomic E-state index is -1.67. The van der Waals surface area contributed by atoms with Crippen molar-refractivity contribution < 1.29 is 48.0 Å². The Hall–Kier alpha value is -5.32. The van der Waals surface area contributed by atoms with E-state index in [4.69, 9.17) is 23.7 Å². The number of aliphatic hydroxyl groups excluding tert-OH is 1. The first-order chi connectivity index (χ1) is 21.4. The van der Waals surface area contributed by atoms with E-state index in [1.165, 1.54) is 36.4 Å². The third-order valence-corrected chi connectivity index (χ3v) is 6.74. The summed E-state index contributed by atoms with van der Waals surface area (Å²) in [7, 11) is 0. The molecule has 5 rings (SSSR count). The van der Waals surface area contributed by atoms with Gasteiger partial charge in [0.15, 0.2) is 6.10 Å². The summed E-state index contributed by atoms with van der Waals surface area (Å²) in [6.07, 6.45) is -7.91. The normalized spacial score (nSPS) is 21.0. The first-order valence-corrected chi connectivity index (χ1v) is 13.7. The summed E-state index contributed by atoms with van der Waals surface area (Å²) in [5.41, 5.74) is 0.734. The summed E-state index contributed by atoms with van der Waals surface area (Å²) in [6.45, 7) is -0.507. The molecular formula is C34H28O10. The Morgan fingerprint density at radius 3 is 1.32 bits per heavy atom. The molecule has 0 unspecified atom stereocenters. The van der Waals surface area contributed by atoms with Gasteiger partial charge in [0.2, 0.25) is 12.4 Å². The zero-order valence-electron chi connectivity index (χ0n) is 23.3. The largest absolute Gasteiger partial charge is 0.459 e. The van der Waals surface area contributed by atoms with Crippen LogP contribution in [0.25, 0.3) is 0 Å². The van der Waals surface area contributed by atoms with Gasteiger partial charge in [0.1, 0.15) is 18.8 Å². The van der Waals surface area contributed by atoms with Crippen LogP contribution in [0.15, 0.2) is 121 Å². The van der Waals surface area contributed by atoms with Crippen LogP contribution in [0.2, 0.25) is 0 Å². The molecule has 1 N–H and O–H groups in total. The van der Waals surface area contributed by atoms with Crippen LogP contribution in [0.1, 0.15) is 41.4 Å². The lowest BCUT2D eigenvalue weighted by Gasteiger charge is -2.42. The van der Waals surface area contributed by atoms with E-state index in [-0.39, 0.29) is 22.3 Å². The minimum absolute atomic E-state index is 0.155. The number of aliphatic hydroxyl groups is 1. The van der Waals surface area contributed by atoms with Crippen molar-refractivity contribution in [3.05, 3.63) is 144 Å². The molecule has 0 spiro atoms. The van der Waals surface area contributed by atoms with E-state index in [9.17, 15) is 24.3 Å². The Balaban J connectivity index is 1.46. The van der Waals surface area contributed by atoms with Crippen LogP contribution in [-0.4, -0.2) is 66.3 Å². The van der Waals surface area contributed by atoms with Crippen molar-refractivity contribution in [1.82, 2.24) is 0 Å². The lowest BCUT2D eigenvalue weighted by Crippen LogP contribution is -2.62. The fourth-order valence-electron chi connectivity index (χ4n) is 4.48. The van der Waals surface area contributed by atoms with Gasteiger partial charge in [0.25, 0.3) is 0 Å². The molecule has 0 amide bonds. The summed E-state index contributed by atoms with van der Waals surface area (Å²) in [5, 5.41) is 11.4. The molecule has 44 heavy (non-hydrogen) atoms. The Kier molecular flexibility index (Phi) is 9.75. The summed E-state index contributed by atoms with van der Waals surface area (Å²) in [6, 6.07) is 32.1. The third kappa shape index (κ3) is 7.35. The zero-order valence-corrected chi connectivity index (χ0v) is 23.3. The predicted octanol–water partition coefficient (Wildman–Crippen LogP) is 4.24. The average molecular weight is 597 g/mol. The molecule has 1 aliphatic heterocycles. The van der Waals surface area contributed by atoms with E-state index in [1.54, 1.807) is 84.9 Å². The zero-order chi connectivity index (χ0) is 30.9. The van der Waals surface area contributed by atoms with Crippen molar-refractivity contribution >= 4 is 23.9 Å². The van der Waals surface area contributed by atoms with Crippen LogP contribution in [0, 0.1) is 0 Å². The predicted molar refractivity (Wildman–Crippen MR) is 155 cm³/mol. The number of hydrogen-bond acceptors (Lipinski definition) is 10. The summed E-state index contributed by atoms with van der Waals surface area (Å²) < 4.78 is 28.3. The number of ether oxygens (including phenoxy) is 5. The van der Waals surface area contributed by atoms with Crippen LogP contribution in [0.5, 0.6) is 0 Å². The van der Waals surface area contributed by atoms with E-state index in [0.717, 1.165) is 0 Å². The SMILES string of the molecule is O=C(OC[C@H]1O[C@@H](OC(=O)c2ccccc2)[C@H](OC(=O)c2ccccc2)[C@@H](OC(=O)c2ccccc2)[C@H]1O)c1ccccc1. The second-order valence-electron chi connectivity index (χ2n) is 9.74. The molecule has 5 atom stereocenters. The number of rotatable bonds is 9. The molecule has 0 radical (unpaired) electrons. The van der Waals surface area contributed by atoms with Crippen LogP contribution in [0.4, 0.5) is 0 Å². The molecule has 10 nitrogen and oxygen atoms in total. The van der Waals surface area contributed by atoms with Gasteiger partial charge in [-0.3, -0.25) is 0 Å². The van der Waals surface area contributed by atoms with Gasteiger partial charge in [-0.15, -0.1) is 0 Å². The molecule has 4 aromatic carbocycles. The Labute approximate surface area is 252 Å². The van der Waals surface area contributed by atoms with Gasteiger partial charge in [-0.25, -0.2) is 19.2 Å². The lowest BCUT2D eigenvalue weighted by atomic mass is 9.98. The molecule has 1 fully saturated rings. The monoisotopic (exact) mass is 596 g/mol. The summed E-state index contributed by atoms with van der Waals surface area (Å²) in [5.74, 6) is -3.22. The molecule has 0 aliphatic carbocycles. The molecule has 0 saturated carbocycles. The standard InChI is InChI=1S/C34H28O10/c35-27-26(21-40-30(36)22-13-5-1-6-14-22)41-34(44-33(39)25-19-11-4-12-20-25)29(43-32(38)24-17-9-3-10-18-24)28(27)42-31(37)23-15-7-2-8-16-23/h1-20,26-29,34-35H,21H2/t26-,27+,28+,29-,34+/m1/s1. The molecule has 224 valence electrons. The van der Waals surface area contributed by atoms with Crippen molar-refractivity contribution in [3.8, 4) is 0 Å². The highest BCUT2D eigenvalue weighted by Crippen LogP contribution is 2.30. The Morgan fingerprint density at radius 1 is 0.523 bits per heavy atom. The van der Waals surface area contributed by atoms with Gasteiger partial charge < -0.3 is 28.8 Å². The van der Waals surface area contributed by atoms with E-state index in [1.807, 2.05) is 0 Å². The van der Waals surface area contributed by atoms with Crippen LogP contribution in [-0.2, 0) is 23.7 Å². The van der Waals surface area contributed by atoms with E-state index < -0.39 is 61.2 Å². The number of benzene rings is 4. The van der Waals surface area contributed by atoms with Crippen LogP contribution < -0.4 is 0 Å². The quantitative estimate of drug-likeness (QED) is 0.221. The maximum Gasteiger partial charge on any atom is 0.340 e. The highest BCUT2D eigenvalue weighted by molar-refractivity contribution is 5.91. The van der Waals surface area contributed by atoms with E-state index in [0.29, 0.717) is 0 Å². The molecule has 1 saturated heterocycles. The summed E-state index contributed by atoms with van der Waals surface area (Å²) in [4.78, 5) is 52.1. The molecule has 0 aromatic heterocycles. The van der Waals surface area contributed by atoms with E-state index >= 15 is 0 Å². The van der Waals surface area contributed by atoms with Gasteiger partial charge in [-0.1, -0.05) is 72.8 Å². The number of carbonyl (C=O) groups excluding carboxylic acids is 4. The minimum Gasteiger partial charge on any atom is -0.459 e. The van der Waals surface area contributed by atoms with Crippen molar-refractivity contribution in [1.29, 1.82) is 0 Å². The maximum atomic E-state index is 13.2. The molecule has 1 heterocycles. The average Bonchev–Trinajstić information content (AvgIpc) is 3.08. The van der Waals surface area contributed by atoms with Crippen LogP contribution >= 0.6 is 0 Å². The molecular weight excluding hydrogens is 568 g/mol. The fourth-order valence-corrected chi connectivity index (χ4v) is 4.48. The van der Waals surface area contributed by atoms with Crippen molar-refractivity contribution in [2.24, 2.45) is 0 Å². The highest BCUT2D eigenvalue weighted by Gasteiger charge is 2.52. The Bertz CT molecular complexity index is 1560.